The van der Waals surface area contributed by atoms with Crippen molar-refractivity contribution in [2.24, 2.45) is 5.92 Å². The minimum atomic E-state index is -0.534. The minimum absolute atomic E-state index is 0.127. The molecule has 0 heterocycles. The number of rotatable bonds is 7. The molecule has 0 spiro atoms. The van der Waals surface area contributed by atoms with Crippen LogP contribution in [0.15, 0.2) is 25.3 Å². The van der Waals surface area contributed by atoms with Crippen molar-refractivity contribution in [2.45, 2.75) is 0 Å². The maximum Gasteiger partial charge on any atom is 0.243 e. The molecule has 17 heavy (non-hydrogen) atoms. The number of hydrogen-bond acceptors (Lipinski definition) is 3. The molecule has 0 fully saturated rings. The van der Waals surface area contributed by atoms with Gasteiger partial charge in [-0.2, -0.15) is 0 Å². The standard InChI is InChI=1S/C11H17N3O3/c1-4-9(15)13-6-8(11(17)12-3)7-14-10(16)5-2/h4-5,8H,1-2,6-7H2,3H3,(H,12,17)(H,13,15)(H,14,16). The second kappa shape index (κ2) is 8.09. The van der Waals surface area contributed by atoms with Crippen molar-refractivity contribution in [3.05, 3.63) is 25.3 Å². The largest absolute Gasteiger partial charge is 0.359 e. The Morgan fingerprint density at radius 1 is 1.06 bits per heavy atom. The molecule has 6 nitrogen and oxygen atoms in total. The van der Waals surface area contributed by atoms with E-state index in [1.165, 1.54) is 7.05 Å². The third kappa shape index (κ3) is 6.14. The van der Waals surface area contributed by atoms with Crippen LogP contribution in [0.25, 0.3) is 0 Å². The zero-order valence-electron chi connectivity index (χ0n) is 9.79. The summed E-state index contributed by atoms with van der Waals surface area (Å²) in [7, 11) is 1.49. The Kier molecular flexibility index (Phi) is 7.09. The van der Waals surface area contributed by atoms with Crippen LogP contribution in [0.2, 0.25) is 0 Å². The molecule has 0 unspecified atom stereocenters. The number of amides is 3. The Hall–Kier alpha value is -2.11. The van der Waals surface area contributed by atoms with E-state index >= 15 is 0 Å². The predicted octanol–water partition coefficient (Wildman–Crippen LogP) is -1.05. The lowest BCUT2D eigenvalue weighted by Gasteiger charge is -2.15. The smallest absolute Gasteiger partial charge is 0.243 e. The Morgan fingerprint density at radius 3 is 1.76 bits per heavy atom. The Bertz CT molecular complexity index is 302. The normalized spacial score (nSPS) is 9.29. The highest BCUT2D eigenvalue weighted by molar-refractivity contribution is 5.88. The van der Waals surface area contributed by atoms with Crippen LogP contribution >= 0.6 is 0 Å². The van der Waals surface area contributed by atoms with Gasteiger partial charge in [0.2, 0.25) is 17.7 Å². The summed E-state index contributed by atoms with van der Waals surface area (Å²) in [5.41, 5.74) is 0. The van der Waals surface area contributed by atoms with Crippen molar-refractivity contribution in [1.82, 2.24) is 16.0 Å². The van der Waals surface area contributed by atoms with Gasteiger partial charge in [0.05, 0.1) is 5.92 Å². The molecule has 0 aromatic rings. The van der Waals surface area contributed by atoms with Crippen molar-refractivity contribution in [3.8, 4) is 0 Å². The van der Waals surface area contributed by atoms with Gasteiger partial charge in [-0.3, -0.25) is 14.4 Å². The third-order valence-corrected chi connectivity index (χ3v) is 2.03. The van der Waals surface area contributed by atoms with Gasteiger partial charge in [-0.1, -0.05) is 13.2 Å². The van der Waals surface area contributed by atoms with Gasteiger partial charge in [0, 0.05) is 20.1 Å². The maximum atomic E-state index is 11.4. The molecule has 0 radical (unpaired) electrons. The first-order valence-corrected chi connectivity index (χ1v) is 5.07. The molecule has 0 saturated heterocycles. The average Bonchev–Trinajstić information content (AvgIpc) is 2.36. The first kappa shape index (κ1) is 14.9. The second-order valence-corrected chi connectivity index (χ2v) is 3.21. The first-order valence-electron chi connectivity index (χ1n) is 5.07. The first-order chi connectivity index (χ1) is 8.04. The van der Waals surface area contributed by atoms with E-state index in [0.29, 0.717) is 0 Å². The Morgan fingerprint density at radius 2 is 1.47 bits per heavy atom. The van der Waals surface area contributed by atoms with Gasteiger partial charge >= 0.3 is 0 Å². The highest BCUT2D eigenvalue weighted by atomic mass is 16.2. The molecule has 0 aromatic carbocycles. The topological polar surface area (TPSA) is 87.3 Å². The molecule has 0 aliphatic carbocycles. The molecule has 0 bridgehead atoms. The molecule has 0 rings (SSSR count). The number of nitrogens with one attached hydrogen (secondary N) is 3. The zero-order chi connectivity index (χ0) is 13.3. The summed E-state index contributed by atoms with van der Waals surface area (Å²) < 4.78 is 0. The fourth-order valence-electron chi connectivity index (χ4n) is 1.05. The predicted molar refractivity (Wildman–Crippen MR) is 64.0 cm³/mol. The van der Waals surface area contributed by atoms with Gasteiger partial charge < -0.3 is 16.0 Å². The quantitative estimate of drug-likeness (QED) is 0.496. The van der Waals surface area contributed by atoms with Gasteiger partial charge in [0.25, 0.3) is 0 Å². The molecule has 0 aromatic heterocycles. The van der Waals surface area contributed by atoms with E-state index in [2.05, 4.69) is 29.1 Å². The minimum Gasteiger partial charge on any atom is -0.359 e. The number of carbonyl (C=O) groups excluding carboxylic acids is 3. The zero-order valence-corrected chi connectivity index (χ0v) is 9.79. The monoisotopic (exact) mass is 239 g/mol. The molecule has 3 amide bonds. The molecule has 6 heteroatoms. The molecule has 94 valence electrons. The molecule has 0 aliphatic heterocycles. The number of hydrogen-bond donors (Lipinski definition) is 3. The van der Waals surface area contributed by atoms with E-state index in [9.17, 15) is 14.4 Å². The fraction of sp³-hybridized carbons (Fsp3) is 0.364. The van der Waals surface area contributed by atoms with Crippen molar-refractivity contribution in [1.29, 1.82) is 0 Å². The second-order valence-electron chi connectivity index (χ2n) is 3.21. The fourth-order valence-corrected chi connectivity index (χ4v) is 1.05. The van der Waals surface area contributed by atoms with Crippen LogP contribution in [-0.2, 0) is 14.4 Å². The van der Waals surface area contributed by atoms with Crippen LogP contribution in [0.5, 0.6) is 0 Å². The van der Waals surface area contributed by atoms with Crippen molar-refractivity contribution in [2.75, 3.05) is 20.1 Å². The van der Waals surface area contributed by atoms with Crippen LogP contribution in [0, 0.1) is 5.92 Å². The van der Waals surface area contributed by atoms with E-state index in [4.69, 9.17) is 0 Å². The van der Waals surface area contributed by atoms with Crippen LogP contribution < -0.4 is 16.0 Å². The van der Waals surface area contributed by atoms with Gasteiger partial charge in [-0.05, 0) is 12.2 Å². The summed E-state index contributed by atoms with van der Waals surface area (Å²) >= 11 is 0. The van der Waals surface area contributed by atoms with Crippen molar-refractivity contribution >= 4 is 17.7 Å². The summed E-state index contributed by atoms with van der Waals surface area (Å²) in [5.74, 6) is -1.53. The molecule has 0 aliphatic rings. The highest BCUT2D eigenvalue weighted by Crippen LogP contribution is 1.93. The highest BCUT2D eigenvalue weighted by Gasteiger charge is 2.17. The molecule has 3 N–H and O–H groups in total. The maximum absolute atomic E-state index is 11.4. The van der Waals surface area contributed by atoms with E-state index < -0.39 is 5.92 Å². The lowest BCUT2D eigenvalue weighted by atomic mass is 10.1. The number of carbonyl (C=O) groups is 3. The van der Waals surface area contributed by atoms with Gasteiger partial charge in [0.1, 0.15) is 0 Å². The Labute approximate surface area is 100 Å². The van der Waals surface area contributed by atoms with E-state index in [1.54, 1.807) is 0 Å². The molecule has 0 saturated carbocycles. The summed E-state index contributed by atoms with van der Waals surface area (Å²) in [6.45, 7) is 6.84. The SMILES string of the molecule is C=CC(=O)NCC(CNC(=O)C=C)C(=O)NC. The van der Waals surface area contributed by atoms with Crippen LogP contribution in [-0.4, -0.2) is 37.9 Å². The molecule has 0 atom stereocenters. The van der Waals surface area contributed by atoms with Crippen molar-refractivity contribution in [3.63, 3.8) is 0 Å². The molecular formula is C11H17N3O3. The average molecular weight is 239 g/mol. The van der Waals surface area contributed by atoms with Crippen LogP contribution in [0.3, 0.4) is 0 Å². The third-order valence-electron chi connectivity index (χ3n) is 2.03. The lowest BCUT2D eigenvalue weighted by Crippen LogP contribution is -2.43. The van der Waals surface area contributed by atoms with Gasteiger partial charge in [-0.15, -0.1) is 0 Å². The van der Waals surface area contributed by atoms with Gasteiger partial charge in [0.15, 0.2) is 0 Å². The summed E-state index contributed by atoms with van der Waals surface area (Å²) in [5, 5.41) is 7.44. The summed E-state index contributed by atoms with van der Waals surface area (Å²) in [4.78, 5) is 33.4. The summed E-state index contributed by atoms with van der Waals surface area (Å²) in [6.07, 6.45) is 2.23. The lowest BCUT2D eigenvalue weighted by molar-refractivity contribution is -0.124. The van der Waals surface area contributed by atoms with Crippen LogP contribution in [0.1, 0.15) is 0 Å². The Balaban J connectivity index is 4.28. The molecular weight excluding hydrogens is 222 g/mol. The van der Waals surface area contributed by atoms with E-state index in [-0.39, 0.29) is 30.8 Å². The van der Waals surface area contributed by atoms with Crippen molar-refractivity contribution < 1.29 is 14.4 Å². The van der Waals surface area contributed by atoms with Crippen LogP contribution in [0.4, 0.5) is 0 Å². The summed E-state index contributed by atoms with van der Waals surface area (Å²) in [6, 6.07) is 0. The van der Waals surface area contributed by atoms with E-state index in [1.807, 2.05) is 0 Å². The van der Waals surface area contributed by atoms with Gasteiger partial charge in [-0.25, -0.2) is 0 Å². The van der Waals surface area contributed by atoms with E-state index in [0.717, 1.165) is 12.2 Å².